The third kappa shape index (κ3) is 4.61. The standard InChI is InChI=1S/C11H22N4O/c1-5-12-7-10-14-15-11(16-10)13-9(4)6-8(2)3/h8-9,12H,5-7H2,1-4H3,(H,13,15). The molecule has 0 saturated carbocycles. The molecule has 1 aromatic rings. The van der Waals surface area contributed by atoms with E-state index in [1.54, 1.807) is 0 Å². The number of hydrogen-bond acceptors (Lipinski definition) is 5. The molecule has 0 aliphatic carbocycles. The monoisotopic (exact) mass is 226 g/mol. The topological polar surface area (TPSA) is 63.0 Å². The molecule has 0 aliphatic heterocycles. The summed E-state index contributed by atoms with van der Waals surface area (Å²) in [4.78, 5) is 0. The zero-order valence-corrected chi connectivity index (χ0v) is 10.6. The van der Waals surface area contributed by atoms with Gasteiger partial charge >= 0.3 is 6.01 Å². The Kier molecular flexibility index (Phi) is 5.25. The van der Waals surface area contributed by atoms with Crippen molar-refractivity contribution in [2.24, 2.45) is 5.92 Å². The van der Waals surface area contributed by atoms with Gasteiger partial charge in [0.05, 0.1) is 6.54 Å². The summed E-state index contributed by atoms with van der Waals surface area (Å²) in [7, 11) is 0. The Morgan fingerprint density at radius 3 is 2.62 bits per heavy atom. The highest BCUT2D eigenvalue weighted by Gasteiger charge is 2.09. The maximum atomic E-state index is 5.44. The van der Waals surface area contributed by atoms with E-state index in [0.29, 0.717) is 30.4 Å². The van der Waals surface area contributed by atoms with Gasteiger partial charge in [0.2, 0.25) is 5.89 Å². The predicted molar refractivity (Wildman–Crippen MR) is 64.2 cm³/mol. The van der Waals surface area contributed by atoms with Crippen LogP contribution in [0.15, 0.2) is 4.42 Å². The van der Waals surface area contributed by atoms with E-state index in [9.17, 15) is 0 Å². The van der Waals surface area contributed by atoms with Crippen molar-refractivity contribution in [3.8, 4) is 0 Å². The maximum absolute atomic E-state index is 5.44. The molecule has 1 rings (SSSR count). The lowest BCUT2D eigenvalue weighted by Crippen LogP contribution is -2.17. The molecule has 2 N–H and O–H groups in total. The van der Waals surface area contributed by atoms with E-state index in [1.807, 2.05) is 6.92 Å². The first-order valence-corrected chi connectivity index (χ1v) is 5.91. The highest BCUT2D eigenvalue weighted by Crippen LogP contribution is 2.11. The van der Waals surface area contributed by atoms with Crippen LogP contribution in [0.25, 0.3) is 0 Å². The highest BCUT2D eigenvalue weighted by atomic mass is 16.4. The van der Waals surface area contributed by atoms with Crippen LogP contribution in [0.5, 0.6) is 0 Å². The maximum Gasteiger partial charge on any atom is 0.315 e. The smallest absolute Gasteiger partial charge is 0.315 e. The lowest BCUT2D eigenvalue weighted by Gasteiger charge is -2.13. The molecule has 16 heavy (non-hydrogen) atoms. The van der Waals surface area contributed by atoms with Crippen molar-refractivity contribution in [3.63, 3.8) is 0 Å². The second-order valence-corrected chi connectivity index (χ2v) is 4.46. The quantitative estimate of drug-likeness (QED) is 0.744. The van der Waals surface area contributed by atoms with Gasteiger partial charge in [0.25, 0.3) is 0 Å². The van der Waals surface area contributed by atoms with Gasteiger partial charge in [0.1, 0.15) is 0 Å². The van der Waals surface area contributed by atoms with E-state index in [1.165, 1.54) is 0 Å². The van der Waals surface area contributed by atoms with Crippen molar-refractivity contribution in [2.45, 2.75) is 46.7 Å². The van der Waals surface area contributed by atoms with Crippen molar-refractivity contribution < 1.29 is 4.42 Å². The predicted octanol–water partition coefficient (Wildman–Crippen LogP) is 2.03. The van der Waals surface area contributed by atoms with Gasteiger partial charge in [-0.15, -0.1) is 5.10 Å². The van der Waals surface area contributed by atoms with Gasteiger partial charge in [-0.25, -0.2) is 0 Å². The van der Waals surface area contributed by atoms with Crippen LogP contribution in [0, 0.1) is 5.92 Å². The molecule has 92 valence electrons. The molecule has 1 heterocycles. The van der Waals surface area contributed by atoms with Gasteiger partial charge in [-0.3, -0.25) is 0 Å². The SMILES string of the molecule is CCNCc1nnc(NC(C)CC(C)C)o1. The first-order valence-electron chi connectivity index (χ1n) is 5.91. The third-order valence-electron chi connectivity index (χ3n) is 2.19. The molecule has 0 bridgehead atoms. The zero-order valence-electron chi connectivity index (χ0n) is 10.6. The van der Waals surface area contributed by atoms with Crippen molar-refractivity contribution in [1.29, 1.82) is 0 Å². The van der Waals surface area contributed by atoms with Crippen molar-refractivity contribution >= 4 is 6.01 Å². The van der Waals surface area contributed by atoms with Gasteiger partial charge in [0.15, 0.2) is 0 Å². The van der Waals surface area contributed by atoms with E-state index >= 15 is 0 Å². The molecule has 1 unspecified atom stereocenters. The number of anilines is 1. The first kappa shape index (κ1) is 13.0. The lowest BCUT2D eigenvalue weighted by molar-refractivity contribution is 0.468. The second kappa shape index (κ2) is 6.48. The zero-order chi connectivity index (χ0) is 12.0. The number of aromatic nitrogens is 2. The average Bonchev–Trinajstić information content (AvgIpc) is 2.61. The van der Waals surface area contributed by atoms with Gasteiger partial charge in [-0.2, -0.15) is 0 Å². The molecule has 0 aliphatic rings. The minimum absolute atomic E-state index is 0.354. The molecular weight excluding hydrogens is 204 g/mol. The van der Waals surface area contributed by atoms with Crippen LogP contribution in [0.3, 0.4) is 0 Å². The summed E-state index contributed by atoms with van der Waals surface area (Å²) in [5, 5.41) is 14.2. The molecule has 1 atom stereocenters. The number of rotatable bonds is 7. The van der Waals surface area contributed by atoms with Crippen LogP contribution < -0.4 is 10.6 Å². The van der Waals surface area contributed by atoms with Gasteiger partial charge in [0, 0.05) is 6.04 Å². The largest absolute Gasteiger partial charge is 0.407 e. The number of nitrogens with one attached hydrogen (secondary N) is 2. The molecular formula is C11H22N4O. The van der Waals surface area contributed by atoms with E-state index in [-0.39, 0.29) is 0 Å². The molecule has 0 radical (unpaired) electrons. The van der Waals surface area contributed by atoms with E-state index in [4.69, 9.17) is 4.42 Å². The molecule has 0 spiro atoms. The van der Waals surface area contributed by atoms with Crippen molar-refractivity contribution in [1.82, 2.24) is 15.5 Å². The van der Waals surface area contributed by atoms with Crippen LogP contribution in [-0.4, -0.2) is 22.8 Å². The summed E-state index contributed by atoms with van der Waals surface area (Å²) in [6.07, 6.45) is 1.09. The average molecular weight is 226 g/mol. The fraction of sp³-hybridized carbons (Fsp3) is 0.818. The Labute approximate surface area is 97.0 Å². The van der Waals surface area contributed by atoms with Gasteiger partial charge < -0.3 is 15.1 Å². The molecule has 0 aromatic carbocycles. The van der Waals surface area contributed by atoms with Crippen molar-refractivity contribution in [3.05, 3.63) is 5.89 Å². The lowest BCUT2D eigenvalue weighted by atomic mass is 10.1. The Balaban J connectivity index is 2.39. The van der Waals surface area contributed by atoms with Crippen LogP contribution in [0.1, 0.15) is 40.0 Å². The number of hydrogen-bond donors (Lipinski definition) is 2. The summed E-state index contributed by atoms with van der Waals surface area (Å²) < 4.78 is 5.44. The van der Waals surface area contributed by atoms with Crippen LogP contribution >= 0.6 is 0 Å². The summed E-state index contributed by atoms with van der Waals surface area (Å²) >= 11 is 0. The molecule has 0 fully saturated rings. The minimum atomic E-state index is 0.354. The molecule has 5 heteroatoms. The Morgan fingerprint density at radius 2 is 2.00 bits per heavy atom. The van der Waals surface area contributed by atoms with Crippen LogP contribution in [0.2, 0.25) is 0 Å². The molecule has 0 amide bonds. The second-order valence-electron chi connectivity index (χ2n) is 4.46. The summed E-state index contributed by atoms with van der Waals surface area (Å²) in [6, 6.07) is 0.869. The fourth-order valence-electron chi connectivity index (χ4n) is 1.59. The summed E-state index contributed by atoms with van der Waals surface area (Å²) in [6.45, 7) is 10.1. The van der Waals surface area contributed by atoms with Crippen molar-refractivity contribution in [2.75, 3.05) is 11.9 Å². The van der Waals surface area contributed by atoms with Crippen LogP contribution in [-0.2, 0) is 6.54 Å². The van der Waals surface area contributed by atoms with Gasteiger partial charge in [-0.05, 0) is 25.8 Å². The molecule has 0 saturated heterocycles. The van der Waals surface area contributed by atoms with E-state index in [2.05, 4.69) is 41.6 Å². The molecule has 5 nitrogen and oxygen atoms in total. The first-order chi connectivity index (χ1) is 7.61. The minimum Gasteiger partial charge on any atom is -0.407 e. The normalized spacial score (nSPS) is 13.1. The van der Waals surface area contributed by atoms with E-state index in [0.717, 1.165) is 13.0 Å². The third-order valence-corrected chi connectivity index (χ3v) is 2.19. The summed E-state index contributed by atoms with van der Waals surface area (Å²) in [5.74, 6) is 1.28. The molecule has 1 aromatic heterocycles. The summed E-state index contributed by atoms with van der Waals surface area (Å²) in [5.41, 5.74) is 0. The highest BCUT2D eigenvalue weighted by molar-refractivity contribution is 5.18. The van der Waals surface area contributed by atoms with Gasteiger partial charge in [-0.1, -0.05) is 25.9 Å². The Morgan fingerprint density at radius 1 is 1.25 bits per heavy atom. The van der Waals surface area contributed by atoms with E-state index < -0.39 is 0 Å². The Hall–Kier alpha value is -1.10. The van der Waals surface area contributed by atoms with Crippen LogP contribution in [0.4, 0.5) is 6.01 Å². The number of nitrogens with zero attached hydrogens (tertiary/aromatic N) is 2. The Bertz CT molecular complexity index is 298. The fourth-order valence-corrected chi connectivity index (χ4v) is 1.59.